The van der Waals surface area contributed by atoms with E-state index in [1.807, 2.05) is 34.6 Å². The number of carbonyl (C=O) groups is 4. The van der Waals surface area contributed by atoms with E-state index in [9.17, 15) is 24.3 Å². The summed E-state index contributed by atoms with van der Waals surface area (Å²) in [5.74, 6) is -2.89. The Bertz CT molecular complexity index is 619. The van der Waals surface area contributed by atoms with Crippen LogP contribution in [-0.2, 0) is 28.7 Å². The lowest BCUT2D eigenvalue weighted by atomic mass is 9.71. The van der Waals surface area contributed by atoms with Crippen LogP contribution in [-0.4, -0.2) is 73.0 Å². The molecule has 10 nitrogen and oxygen atoms in total. The van der Waals surface area contributed by atoms with E-state index in [0.717, 1.165) is 0 Å². The Labute approximate surface area is 190 Å². The minimum absolute atomic E-state index is 0.0253. The fourth-order valence-electron chi connectivity index (χ4n) is 3.76. The number of carboxylic acids is 2. The van der Waals surface area contributed by atoms with Crippen molar-refractivity contribution in [3.63, 3.8) is 0 Å². The van der Waals surface area contributed by atoms with Crippen molar-refractivity contribution in [2.45, 2.75) is 72.8 Å². The van der Waals surface area contributed by atoms with Crippen LogP contribution in [0.1, 0.15) is 66.7 Å². The van der Waals surface area contributed by atoms with Gasteiger partial charge in [0.25, 0.3) is 0 Å². The molecular formula is C22H40N2O8. The average Bonchev–Trinajstić information content (AvgIpc) is 2.61. The zero-order chi connectivity index (χ0) is 24.8. The van der Waals surface area contributed by atoms with Gasteiger partial charge in [-0.3, -0.25) is 14.4 Å². The van der Waals surface area contributed by atoms with E-state index in [1.165, 1.54) is 0 Å². The topological polar surface area (TPSA) is 151 Å². The fourth-order valence-corrected chi connectivity index (χ4v) is 3.76. The molecule has 4 N–H and O–H groups in total. The molecule has 0 bridgehead atoms. The summed E-state index contributed by atoms with van der Waals surface area (Å²) in [5, 5.41) is 23.5. The van der Waals surface area contributed by atoms with Crippen molar-refractivity contribution in [2.75, 3.05) is 33.0 Å². The monoisotopic (exact) mass is 460 g/mol. The van der Waals surface area contributed by atoms with E-state index >= 15 is 0 Å². The summed E-state index contributed by atoms with van der Waals surface area (Å²) in [6.07, 6.45) is 0.411. The van der Waals surface area contributed by atoms with Crippen molar-refractivity contribution in [2.24, 2.45) is 10.8 Å². The quantitative estimate of drug-likeness (QED) is 0.226. The van der Waals surface area contributed by atoms with Gasteiger partial charge in [-0.25, -0.2) is 4.79 Å². The number of carbonyl (C=O) groups excluding carboxylic acids is 2. The number of nitrogens with one attached hydrogen (secondary N) is 2. The molecule has 0 spiro atoms. The highest BCUT2D eigenvalue weighted by atomic mass is 16.5. The van der Waals surface area contributed by atoms with Crippen molar-refractivity contribution < 1.29 is 38.9 Å². The van der Waals surface area contributed by atoms with Crippen molar-refractivity contribution >= 4 is 23.8 Å². The summed E-state index contributed by atoms with van der Waals surface area (Å²) >= 11 is 0. The molecular weight excluding hydrogens is 420 g/mol. The number of hydrogen-bond acceptors (Lipinski definition) is 6. The first-order chi connectivity index (χ1) is 14.8. The molecule has 10 heteroatoms. The Hall–Kier alpha value is -2.20. The molecule has 0 heterocycles. The van der Waals surface area contributed by atoms with Crippen molar-refractivity contribution in [3.05, 3.63) is 0 Å². The van der Waals surface area contributed by atoms with E-state index in [2.05, 4.69) is 10.6 Å². The first-order valence-corrected chi connectivity index (χ1v) is 10.9. The Morgan fingerprint density at radius 3 is 2.03 bits per heavy atom. The Kier molecular flexibility index (Phi) is 13.8. The third-order valence-electron chi connectivity index (χ3n) is 4.66. The van der Waals surface area contributed by atoms with Gasteiger partial charge < -0.3 is 30.3 Å². The fraction of sp³-hybridized carbons (Fsp3) is 0.818. The van der Waals surface area contributed by atoms with Gasteiger partial charge in [0.2, 0.25) is 11.8 Å². The van der Waals surface area contributed by atoms with Crippen LogP contribution >= 0.6 is 0 Å². The van der Waals surface area contributed by atoms with E-state index in [1.54, 1.807) is 0 Å². The van der Waals surface area contributed by atoms with E-state index in [4.69, 9.17) is 14.6 Å². The lowest BCUT2D eigenvalue weighted by molar-refractivity contribution is -0.143. The third kappa shape index (κ3) is 15.6. The predicted molar refractivity (Wildman–Crippen MR) is 118 cm³/mol. The lowest BCUT2D eigenvalue weighted by Gasteiger charge is -2.34. The SMILES string of the molecule is CCOCCOCCNC(=O)CCC(NC(=O)CC(C)(C)CC(C)(C)CC(=O)O)C(=O)O. The van der Waals surface area contributed by atoms with Gasteiger partial charge in [-0.1, -0.05) is 27.7 Å². The number of hydrogen-bond donors (Lipinski definition) is 4. The zero-order valence-electron chi connectivity index (χ0n) is 20.0. The number of amides is 2. The van der Waals surface area contributed by atoms with E-state index < -0.39 is 34.7 Å². The maximum atomic E-state index is 12.4. The molecule has 0 aromatic carbocycles. The summed E-state index contributed by atoms with van der Waals surface area (Å²) in [5.41, 5.74) is -1.03. The standard InChI is InChI=1S/C22H40N2O8/c1-6-31-11-12-32-10-9-23-17(25)8-7-16(20(29)30)24-18(26)13-21(2,3)15-22(4,5)14-19(27)28/h16H,6-15H2,1-5H3,(H,23,25)(H,24,26)(H,27,28)(H,29,30). The number of carboxylic acid groups (broad SMARTS) is 2. The van der Waals surface area contributed by atoms with Gasteiger partial charge in [0.1, 0.15) is 6.04 Å². The molecule has 2 amide bonds. The van der Waals surface area contributed by atoms with E-state index in [-0.39, 0.29) is 31.6 Å². The number of aliphatic carboxylic acids is 2. The number of rotatable bonds is 18. The van der Waals surface area contributed by atoms with Crippen LogP contribution in [0.5, 0.6) is 0 Å². The highest BCUT2D eigenvalue weighted by Crippen LogP contribution is 2.38. The predicted octanol–water partition coefficient (Wildman–Crippen LogP) is 1.81. The molecule has 1 atom stereocenters. The van der Waals surface area contributed by atoms with Crippen molar-refractivity contribution in [1.29, 1.82) is 0 Å². The molecule has 0 aromatic rings. The van der Waals surface area contributed by atoms with Crippen molar-refractivity contribution in [3.8, 4) is 0 Å². The highest BCUT2D eigenvalue weighted by Gasteiger charge is 2.33. The molecule has 0 aliphatic heterocycles. The van der Waals surface area contributed by atoms with Gasteiger partial charge in [-0.2, -0.15) is 0 Å². The van der Waals surface area contributed by atoms with Gasteiger partial charge in [-0.15, -0.1) is 0 Å². The van der Waals surface area contributed by atoms with Crippen LogP contribution in [0.4, 0.5) is 0 Å². The van der Waals surface area contributed by atoms with Crippen LogP contribution in [0.15, 0.2) is 0 Å². The second-order valence-electron chi connectivity index (χ2n) is 9.41. The molecule has 0 radical (unpaired) electrons. The van der Waals surface area contributed by atoms with Gasteiger partial charge in [0.05, 0.1) is 26.2 Å². The Balaban J connectivity index is 4.44. The first-order valence-electron chi connectivity index (χ1n) is 10.9. The summed E-state index contributed by atoms with van der Waals surface area (Å²) in [6.45, 7) is 11.4. The van der Waals surface area contributed by atoms with Crippen LogP contribution in [0, 0.1) is 10.8 Å². The normalized spacial score (nSPS) is 12.8. The molecule has 0 rings (SSSR count). The maximum Gasteiger partial charge on any atom is 0.326 e. The third-order valence-corrected chi connectivity index (χ3v) is 4.66. The first kappa shape index (κ1) is 29.8. The lowest BCUT2D eigenvalue weighted by Crippen LogP contribution is -2.43. The summed E-state index contributed by atoms with van der Waals surface area (Å²) in [4.78, 5) is 46.9. The van der Waals surface area contributed by atoms with E-state index in [0.29, 0.717) is 39.4 Å². The maximum absolute atomic E-state index is 12.4. The molecule has 0 aliphatic carbocycles. The zero-order valence-corrected chi connectivity index (χ0v) is 20.0. The molecule has 0 aliphatic rings. The van der Waals surface area contributed by atoms with Gasteiger partial charge in [0.15, 0.2) is 0 Å². The second kappa shape index (κ2) is 14.8. The minimum atomic E-state index is -1.21. The molecule has 1 unspecified atom stereocenters. The van der Waals surface area contributed by atoms with Crippen LogP contribution in [0.3, 0.4) is 0 Å². The second-order valence-corrected chi connectivity index (χ2v) is 9.41. The van der Waals surface area contributed by atoms with Crippen molar-refractivity contribution in [1.82, 2.24) is 10.6 Å². The highest BCUT2D eigenvalue weighted by molar-refractivity contribution is 5.84. The Morgan fingerprint density at radius 1 is 0.875 bits per heavy atom. The molecule has 186 valence electrons. The van der Waals surface area contributed by atoms with Gasteiger partial charge in [0, 0.05) is 26.0 Å². The largest absolute Gasteiger partial charge is 0.481 e. The summed E-state index contributed by atoms with van der Waals surface area (Å²) < 4.78 is 10.4. The molecule has 0 saturated carbocycles. The summed E-state index contributed by atoms with van der Waals surface area (Å²) in [6, 6.07) is -1.18. The molecule has 32 heavy (non-hydrogen) atoms. The molecule has 0 fully saturated rings. The van der Waals surface area contributed by atoms with Crippen LogP contribution in [0.2, 0.25) is 0 Å². The minimum Gasteiger partial charge on any atom is -0.481 e. The van der Waals surface area contributed by atoms with Crippen LogP contribution < -0.4 is 10.6 Å². The molecule has 0 saturated heterocycles. The number of ether oxygens (including phenoxy) is 2. The van der Waals surface area contributed by atoms with Gasteiger partial charge >= 0.3 is 11.9 Å². The van der Waals surface area contributed by atoms with Crippen LogP contribution in [0.25, 0.3) is 0 Å². The molecule has 0 aromatic heterocycles. The average molecular weight is 461 g/mol. The van der Waals surface area contributed by atoms with Gasteiger partial charge in [-0.05, 0) is 30.6 Å². The summed E-state index contributed by atoms with van der Waals surface area (Å²) in [7, 11) is 0. The Morgan fingerprint density at radius 2 is 1.47 bits per heavy atom. The smallest absolute Gasteiger partial charge is 0.326 e.